The first-order valence-electron chi connectivity index (χ1n) is 3.94. The van der Waals surface area contributed by atoms with Crippen LogP contribution in [0.5, 0.6) is 0 Å². The first kappa shape index (κ1) is 8.12. The Morgan fingerprint density at radius 3 is 3.18 bits per heavy atom. The Bertz CT molecular complexity index is 199. The Kier molecular flexibility index (Phi) is 2.96. The fourth-order valence-electron chi connectivity index (χ4n) is 1.11. The lowest BCUT2D eigenvalue weighted by Gasteiger charge is -2.11. The van der Waals surface area contributed by atoms with E-state index in [1.165, 1.54) is 5.57 Å². The quantitative estimate of drug-likeness (QED) is 0.562. The van der Waals surface area contributed by atoms with Crippen molar-refractivity contribution in [1.82, 2.24) is 0 Å². The van der Waals surface area contributed by atoms with Crippen LogP contribution in [0.25, 0.3) is 0 Å². The summed E-state index contributed by atoms with van der Waals surface area (Å²) in [6.45, 7) is 6.32. The molecule has 1 rings (SSSR count). The van der Waals surface area contributed by atoms with E-state index in [1.54, 1.807) is 6.08 Å². The van der Waals surface area contributed by atoms with Gasteiger partial charge in [0.2, 0.25) is 0 Å². The van der Waals surface area contributed by atoms with E-state index in [0.717, 1.165) is 18.6 Å². The average Bonchev–Trinajstić information content (AvgIpc) is 2.01. The first-order chi connectivity index (χ1) is 5.33. The molecule has 0 saturated heterocycles. The predicted molar refractivity (Wildman–Crippen MR) is 47.2 cm³/mol. The van der Waals surface area contributed by atoms with Gasteiger partial charge >= 0.3 is 0 Å². The number of ether oxygens (including phenoxy) is 1. The van der Waals surface area contributed by atoms with Crippen molar-refractivity contribution >= 4 is 0 Å². The van der Waals surface area contributed by atoms with Crippen LogP contribution in [0.1, 0.15) is 19.8 Å². The summed E-state index contributed by atoms with van der Waals surface area (Å²) < 4.78 is 5.40. The van der Waals surface area contributed by atoms with Gasteiger partial charge in [0.25, 0.3) is 0 Å². The highest BCUT2D eigenvalue weighted by molar-refractivity contribution is 5.22. The molecule has 0 saturated carbocycles. The largest absolute Gasteiger partial charge is 0.494 e. The molecule has 0 N–H and O–H groups in total. The Labute approximate surface area is 68.1 Å². The molecule has 1 aliphatic carbocycles. The highest BCUT2D eigenvalue weighted by atomic mass is 16.5. The van der Waals surface area contributed by atoms with Crippen LogP contribution < -0.4 is 0 Å². The predicted octanol–water partition coefficient (Wildman–Crippen LogP) is 2.81. The Morgan fingerprint density at radius 2 is 2.55 bits per heavy atom. The van der Waals surface area contributed by atoms with E-state index in [2.05, 4.69) is 25.7 Å². The van der Waals surface area contributed by atoms with Crippen LogP contribution in [-0.4, -0.2) is 6.61 Å². The molecule has 0 spiro atoms. The van der Waals surface area contributed by atoms with Crippen LogP contribution >= 0.6 is 0 Å². The van der Waals surface area contributed by atoms with Crippen molar-refractivity contribution in [1.29, 1.82) is 0 Å². The molecular formula is C10H14O. The first-order valence-corrected chi connectivity index (χ1v) is 3.94. The molecule has 60 valence electrons. The van der Waals surface area contributed by atoms with E-state index in [4.69, 9.17) is 4.74 Å². The summed E-state index contributed by atoms with van der Waals surface area (Å²) in [6.07, 6.45) is 8.22. The van der Waals surface area contributed by atoms with Gasteiger partial charge < -0.3 is 4.74 Å². The van der Waals surface area contributed by atoms with E-state index in [0.29, 0.717) is 6.61 Å². The smallest absolute Gasteiger partial charge is 0.106 e. The van der Waals surface area contributed by atoms with Crippen LogP contribution in [0.4, 0.5) is 0 Å². The summed E-state index contributed by atoms with van der Waals surface area (Å²) >= 11 is 0. The topological polar surface area (TPSA) is 9.23 Å². The van der Waals surface area contributed by atoms with Crippen molar-refractivity contribution in [2.45, 2.75) is 19.8 Å². The molecule has 0 aromatic rings. The summed E-state index contributed by atoms with van der Waals surface area (Å²) in [5.41, 5.74) is 1.30. The van der Waals surface area contributed by atoms with Gasteiger partial charge in [-0.3, -0.25) is 0 Å². The molecule has 0 aromatic heterocycles. The molecule has 0 heterocycles. The summed E-state index contributed by atoms with van der Waals surface area (Å²) in [7, 11) is 0. The minimum Gasteiger partial charge on any atom is -0.494 e. The highest BCUT2D eigenvalue weighted by Gasteiger charge is 2.01. The molecule has 0 unspecified atom stereocenters. The van der Waals surface area contributed by atoms with E-state index in [-0.39, 0.29) is 0 Å². The molecule has 11 heavy (non-hydrogen) atoms. The summed E-state index contributed by atoms with van der Waals surface area (Å²) in [5.74, 6) is 1.09. The summed E-state index contributed by atoms with van der Waals surface area (Å²) in [4.78, 5) is 0. The van der Waals surface area contributed by atoms with Gasteiger partial charge in [0.1, 0.15) is 6.61 Å². The molecule has 0 fully saturated rings. The van der Waals surface area contributed by atoms with Crippen LogP contribution in [0.15, 0.2) is 36.1 Å². The zero-order chi connectivity index (χ0) is 8.10. The van der Waals surface area contributed by atoms with Crippen molar-refractivity contribution in [2.75, 3.05) is 6.61 Å². The Balaban J connectivity index is 2.44. The van der Waals surface area contributed by atoms with Gasteiger partial charge in [0.15, 0.2) is 0 Å². The molecular weight excluding hydrogens is 136 g/mol. The second-order valence-electron chi connectivity index (χ2n) is 2.70. The van der Waals surface area contributed by atoms with Gasteiger partial charge in [-0.1, -0.05) is 24.3 Å². The van der Waals surface area contributed by atoms with Gasteiger partial charge in [-0.25, -0.2) is 0 Å². The maximum Gasteiger partial charge on any atom is 0.106 e. The molecule has 0 radical (unpaired) electrons. The molecule has 0 bridgehead atoms. The maximum absolute atomic E-state index is 5.40. The second-order valence-corrected chi connectivity index (χ2v) is 2.70. The zero-order valence-electron chi connectivity index (χ0n) is 6.97. The summed E-state index contributed by atoms with van der Waals surface area (Å²) in [6, 6.07) is 0. The fourth-order valence-corrected chi connectivity index (χ4v) is 1.11. The van der Waals surface area contributed by atoms with Crippen LogP contribution in [0.2, 0.25) is 0 Å². The van der Waals surface area contributed by atoms with Gasteiger partial charge in [-0.05, 0) is 19.4 Å². The third kappa shape index (κ3) is 2.62. The molecule has 0 amide bonds. The number of hydrogen-bond donors (Lipinski definition) is 0. The average molecular weight is 150 g/mol. The number of allylic oxidation sites excluding steroid dienone is 4. The van der Waals surface area contributed by atoms with Crippen LogP contribution in [0.3, 0.4) is 0 Å². The minimum absolute atomic E-state index is 0.624. The van der Waals surface area contributed by atoms with Crippen LogP contribution in [-0.2, 0) is 4.74 Å². The molecule has 1 nitrogen and oxygen atoms in total. The van der Waals surface area contributed by atoms with Crippen molar-refractivity contribution in [3.8, 4) is 0 Å². The Morgan fingerprint density at radius 1 is 1.73 bits per heavy atom. The standard InChI is InChI=1S/C10H14O/c1-3-7-11-10-6-4-5-9(2)8-10/h3,5,8H,1,4,6-7H2,2H3. The second kappa shape index (κ2) is 4.02. The van der Waals surface area contributed by atoms with E-state index >= 15 is 0 Å². The minimum atomic E-state index is 0.624. The van der Waals surface area contributed by atoms with E-state index in [9.17, 15) is 0 Å². The SMILES string of the molecule is C=CCOC1=CC(C)=CCC1. The lowest BCUT2D eigenvalue weighted by Crippen LogP contribution is -1.96. The molecule has 0 aliphatic heterocycles. The van der Waals surface area contributed by atoms with E-state index in [1.807, 2.05) is 0 Å². The van der Waals surface area contributed by atoms with Crippen molar-refractivity contribution in [3.05, 3.63) is 36.1 Å². The molecule has 1 heteroatoms. The number of rotatable bonds is 3. The van der Waals surface area contributed by atoms with Crippen LogP contribution in [0, 0.1) is 0 Å². The van der Waals surface area contributed by atoms with Crippen molar-refractivity contribution in [2.24, 2.45) is 0 Å². The van der Waals surface area contributed by atoms with E-state index < -0.39 is 0 Å². The molecule has 0 atom stereocenters. The molecule has 1 aliphatic rings. The van der Waals surface area contributed by atoms with Gasteiger partial charge in [0, 0.05) is 6.42 Å². The van der Waals surface area contributed by atoms with Gasteiger partial charge in [0.05, 0.1) is 5.76 Å². The van der Waals surface area contributed by atoms with Crippen molar-refractivity contribution < 1.29 is 4.74 Å². The Hall–Kier alpha value is -0.980. The maximum atomic E-state index is 5.40. The third-order valence-corrected chi connectivity index (χ3v) is 1.63. The highest BCUT2D eigenvalue weighted by Crippen LogP contribution is 2.17. The lowest BCUT2D eigenvalue weighted by molar-refractivity contribution is 0.235. The zero-order valence-corrected chi connectivity index (χ0v) is 6.97. The normalized spacial score (nSPS) is 16.8. The number of hydrogen-bond acceptors (Lipinski definition) is 1. The molecule has 0 aromatic carbocycles. The monoisotopic (exact) mass is 150 g/mol. The van der Waals surface area contributed by atoms with Crippen molar-refractivity contribution in [3.63, 3.8) is 0 Å². The third-order valence-electron chi connectivity index (χ3n) is 1.63. The lowest BCUT2D eigenvalue weighted by atomic mass is 10.1. The van der Waals surface area contributed by atoms with Gasteiger partial charge in [-0.2, -0.15) is 0 Å². The van der Waals surface area contributed by atoms with Gasteiger partial charge in [-0.15, -0.1) is 0 Å². The fraction of sp³-hybridized carbons (Fsp3) is 0.400. The summed E-state index contributed by atoms with van der Waals surface area (Å²) in [5, 5.41) is 0.